The first-order valence-electron chi connectivity index (χ1n) is 12.1. The molecule has 2 aromatic rings. The summed E-state index contributed by atoms with van der Waals surface area (Å²) >= 11 is 1.71. The van der Waals surface area contributed by atoms with Gasteiger partial charge < -0.3 is 19.5 Å². The van der Waals surface area contributed by atoms with Crippen LogP contribution in [0.5, 0.6) is 5.75 Å². The van der Waals surface area contributed by atoms with Gasteiger partial charge in [0.15, 0.2) is 0 Å². The van der Waals surface area contributed by atoms with Gasteiger partial charge in [0.1, 0.15) is 18.2 Å². The van der Waals surface area contributed by atoms with E-state index in [4.69, 9.17) is 9.47 Å². The molecule has 1 amide bonds. The summed E-state index contributed by atoms with van der Waals surface area (Å²) in [4.78, 5) is 18.7. The Morgan fingerprint density at radius 1 is 1.29 bits per heavy atom. The minimum Gasteiger partial charge on any atom is -0.491 e. The lowest BCUT2D eigenvalue weighted by atomic mass is 10.00. The molecule has 6 nitrogen and oxygen atoms in total. The molecular weight excluding hydrogens is 455 g/mol. The molecule has 2 heterocycles. The first kappa shape index (κ1) is 26.6. The number of amides is 1. The zero-order chi connectivity index (χ0) is 24.5. The Labute approximate surface area is 206 Å². The van der Waals surface area contributed by atoms with Gasteiger partial charge in [-0.3, -0.25) is 9.69 Å². The maximum absolute atomic E-state index is 13.5. The van der Waals surface area contributed by atoms with E-state index in [0.717, 1.165) is 24.9 Å². The number of aliphatic hydroxyl groups excluding tert-OH is 1. The van der Waals surface area contributed by atoms with E-state index in [-0.39, 0.29) is 30.9 Å². The lowest BCUT2D eigenvalue weighted by molar-refractivity contribution is -0.136. The van der Waals surface area contributed by atoms with Crippen molar-refractivity contribution in [1.82, 2.24) is 9.80 Å². The number of fused-ring (bicyclic) bond motifs is 1. The summed E-state index contributed by atoms with van der Waals surface area (Å²) in [6, 6.07) is 7.82. The molecule has 1 aromatic carbocycles. The van der Waals surface area contributed by atoms with Gasteiger partial charge in [0, 0.05) is 24.6 Å². The van der Waals surface area contributed by atoms with Crippen LogP contribution in [-0.4, -0.2) is 72.9 Å². The van der Waals surface area contributed by atoms with Crippen LogP contribution < -0.4 is 4.74 Å². The molecule has 3 rings (SSSR count). The van der Waals surface area contributed by atoms with E-state index in [1.807, 2.05) is 16.7 Å². The van der Waals surface area contributed by atoms with Crippen molar-refractivity contribution in [3.63, 3.8) is 0 Å². The maximum atomic E-state index is 13.5. The van der Waals surface area contributed by atoms with Gasteiger partial charge in [0.05, 0.1) is 25.3 Å². The fraction of sp³-hybridized carbons (Fsp3) is 0.577. The molecule has 0 radical (unpaired) electrons. The van der Waals surface area contributed by atoms with Crippen LogP contribution in [0.2, 0.25) is 0 Å². The molecule has 0 saturated carbocycles. The summed E-state index contributed by atoms with van der Waals surface area (Å²) in [6.45, 7) is 9.33. The third-order valence-electron chi connectivity index (χ3n) is 6.00. The van der Waals surface area contributed by atoms with Gasteiger partial charge in [-0.15, -0.1) is 11.3 Å². The second-order valence-corrected chi connectivity index (χ2v) is 10.1. The van der Waals surface area contributed by atoms with E-state index >= 15 is 0 Å². The van der Waals surface area contributed by atoms with Crippen LogP contribution in [0.25, 0.3) is 0 Å². The maximum Gasteiger partial charge on any atom is 0.237 e. The van der Waals surface area contributed by atoms with E-state index in [1.54, 1.807) is 23.5 Å². The van der Waals surface area contributed by atoms with Crippen molar-refractivity contribution in [3.8, 4) is 5.75 Å². The summed E-state index contributed by atoms with van der Waals surface area (Å²) in [5.74, 6) is 0.794. The van der Waals surface area contributed by atoms with E-state index < -0.39 is 6.10 Å². The number of aliphatic hydroxyl groups is 1. The third-order valence-corrected chi connectivity index (χ3v) is 7.00. The molecule has 0 bridgehead atoms. The Kier molecular flexibility index (Phi) is 10.3. The highest BCUT2D eigenvalue weighted by Crippen LogP contribution is 2.34. The normalized spacial score (nSPS) is 16.7. The van der Waals surface area contributed by atoms with Crippen molar-refractivity contribution in [2.45, 2.75) is 45.8 Å². The SMILES string of the molecule is CCOCC(O)CN(CCC(C)C)CC(=O)N1CCc2sccc2C1COc1ccc(F)cc1. The third kappa shape index (κ3) is 7.77. The Morgan fingerprint density at radius 3 is 2.76 bits per heavy atom. The molecule has 2 atom stereocenters. The Hall–Kier alpha value is -2.00. The number of hydrogen-bond donors (Lipinski definition) is 1. The first-order valence-corrected chi connectivity index (χ1v) is 13.0. The molecule has 188 valence electrons. The molecular formula is C26H37FN2O4S. The number of carbonyl (C=O) groups is 1. The summed E-state index contributed by atoms with van der Waals surface area (Å²) in [5.41, 5.74) is 1.12. The monoisotopic (exact) mass is 492 g/mol. The average molecular weight is 493 g/mol. The van der Waals surface area contributed by atoms with Crippen LogP contribution in [0.4, 0.5) is 4.39 Å². The molecule has 8 heteroatoms. The van der Waals surface area contributed by atoms with Crippen molar-refractivity contribution in [2.24, 2.45) is 5.92 Å². The predicted octanol–water partition coefficient (Wildman–Crippen LogP) is 4.14. The van der Waals surface area contributed by atoms with E-state index in [1.165, 1.54) is 17.0 Å². The van der Waals surface area contributed by atoms with Gasteiger partial charge in [0.2, 0.25) is 5.91 Å². The van der Waals surface area contributed by atoms with Gasteiger partial charge in [-0.25, -0.2) is 4.39 Å². The minimum absolute atomic E-state index is 0.0249. The number of hydrogen-bond acceptors (Lipinski definition) is 6. The molecule has 1 aliphatic rings. The lowest BCUT2D eigenvalue weighted by Crippen LogP contribution is -2.48. The second-order valence-electron chi connectivity index (χ2n) is 9.15. The summed E-state index contributed by atoms with van der Waals surface area (Å²) in [6.07, 6.45) is 1.13. The van der Waals surface area contributed by atoms with E-state index in [0.29, 0.717) is 38.0 Å². The number of rotatable bonds is 13. The van der Waals surface area contributed by atoms with Crippen LogP contribution in [0.3, 0.4) is 0 Å². The van der Waals surface area contributed by atoms with Crippen molar-refractivity contribution in [2.75, 3.05) is 46.0 Å². The molecule has 1 aliphatic heterocycles. The van der Waals surface area contributed by atoms with Gasteiger partial charge in [-0.1, -0.05) is 13.8 Å². The Balaban J connectivity index is 1.70. The largest absolute Gasteiger partial charge is 0.491 e. The number of benzene rings is 1. The van der Waals surface area contributed by atoms with Crippen LogP contribution in [0, 0.1) is 11.7 Å². The number of ether oxygens (including phenoxy) is 2. The van der Waals surface area contributed by atoms with Crippen LogP contribution in [0.1, 0.15) is 43.7 Å². The number of nitrogens with zero attached hydrogens (tertiary/aromatic N) is 2. The lowest BCUT2D eigenvalue weighted by Gasteiger charge is -2.37. The van der Waals surface area contributed by atoms with Crippen molar-refractivity contribution in [3.05, 3.63) is 52.0 Å². The molecule has 0 saturated heterocycles. The van der Waals surface area contributed by atoms with Gasteiger partial charge in [-0.05, 0) is 73.5 Å². The molecule has 34 heavy (non-hydrogen) atoms. The standard InChI is InChI=1S/C26H37FN2O4S/c1-4-32-17-21(30)15-28(12-9-19(2)3)16-26(31)29-13-10-25-23(11-14-34-25)24(29)18-33-22-7-5-20(27)6-8-22/h5-8,11,14,19,21,24,30H,4,9-10,12-13,15-18H2,1-3H3. The summed E-state index contributed by atoms with van der Waals surface area (Å²) in [7, 11) is 0. The quantitative estimate of drug-likeness (QED) is 0.455. The highest BCUT2D eigenvalue weighted by atomic mass is 32.1. The molecule has 2 unspecified atom stereocenters. The van der Waals surface area contributed by atoms with Crippen molar-refractivity contribution < 1.29 is 23.8 Å². The number of halogens is 1. The number of carbonyl (C=O) groups excluding carboxylic acids is 1. The first-order chi connectivity index (χ1) is 16.4. The Bertz CT molecular complexity index is 889. The minimum atomic E-state index is -0.637. The zero-order valence-corrected chi connectivity index (χ0v) is 21.2. The summed E-state index contributed by atoms with van der Waals surface area (Å²) < 4.78 is 24.6. The van der Waals surface area contributed by atoms with Crippen molar-refractivity contribution >= 4 is 17.2 Å². The summed E-state index contributed by atoms with van der Waals surface area (Å²) in [5, 5.41) is 12.4. The second kappa shape index (κ2) is 13.2. The molecule has 0 spiro atoms. The fourth-order valence-electron chi connectivity index (χ4n) is 4.14. The molecule has 0 aliphatic carbocycles. The molecule has 1 aromatic heterocycles. The van der Waals surface area contributed by atoms with Crippen LogP contribution in [-0.2, 0) is 16.0 Å². The van der Waals surface area contributed by atoms with E-state index in [2.05, 4.69) is 25.3 Å². The highest BCUT2D eigenvalue weighted by molar-refractivity contribution is 7.10. The Morgan fingerprint density at radius 2 is 2.06 bits per heavy atom. The average Bonchev–Trinajstić information content (AvgIpc) is 3.29. The highest BCUT2D eigenvalue weighted by Gasteiger charge is 2.33. The number of thiophene rings is 1. The van der Waals surface area contributed by atoms with Crippen LogP contribution >= 0.6 is 11.3 Å². The van der Waals surface area contributed by atoms with Crippen LogP contribution in [0.15, 0.2) is 35.7 Å². The van der Waals surface area contributed by atoms with E-state index in [9.17, 15) is 14.3 Å². The van der Waals surface area contributed by atoms with Crippen molar-refractivity contribution in [1.29, 1.82) is 0 Å². The molecule has 0 fully saturated rings. The van der Waals surface area contributed by atoms with Gasteiger partial charge in [0.25, 0.3) is 0 Å². The fourth-order valence-corrected chi connectivity index (χ4v) is 5.07. The topological polar surface area (TPSA) is 62.2 Å². The van der Waals surface area contributed by atoms with Gasteiger partial charge in [-0.2, -0.15) is 0 Å². The molecule has 1 N–H and O–H groups in total. The van der Waals surface area contributed by atoms with Gasteiger partial charge >= 0.3 is 0 Å². The predicted molar refractivity (Wildman–Crippen MR) is 133 cm³/mol. The smallest absolute Gasteiger partial charge is 0.237 e. The zero-order valence-electron chi connectivity index (χ0n) is 20.4.